The van der Waals surface area contributed by atoms with Crippen LogP contribution in [0.5, 0.6) is 5.75 Å². The lowest BCUT2D eigenvalue weighted by molar-refractivity contribution is 0.0939. The Balaban J connectivity index is 1.56. The van der Waals surface area contributed by atoms with E-state index in [2.05, 4.69) is 27.3 Å². The maximum Gasteiger partial charge on any atom is 0.255 e. The van der Waals surface area contributed by atoms with Gasteiger partial charge >= 0.3 is 0 Å². The van der Waals surface area contributed by atoms with Crippen LogP contribution < -0.4 is 15.6 Å². The van der Waals surface area contributed by atoms with E-state index >= 15 is 0 Å². The van der Waals surface area contributed by atoms with Crippen LogP contribution in [0.15, 0.2) is 59.5 Å². The van der Waals surface area contributed by atoms with Crippen molar-refractivity contribution in [2.75, 3.05) is 26.7 Å². The van der Waals surface area contributed by atoms with Gasteiger partial charge in [-0.1, -0.05) is 30.3 Å². The van der Waals surface area contributed by atoms with E-state index in [1.165, 1.54) is 19.0 Å². The maximum absolute atomic E-state index is 12.9. The highest BCUT2D eigenvalue weighted by Gasteiger charge is 2.24. The Hall–Kier alpha value is -3.12. The number of carbonyl (C=O) groups is 1. The number of aromatic nitrogens is 1. The summed E-state index contributed by atoms with van der Waals surface area (Å²) in [7, 11) is 1.65. The van der Waals surface area contributed by atoms with E-state index in [1.807, 2.05) is 18.2 Å². The average molecular weight is 391 g/mol. The van der Waals surface area contributed by atoms with E-state index in [4.69, 9.17) is 4.74 Å². The summed E-state index contributed by atoms with van der Waals surface area (Å²) in [5, 5.41) is 4.26. The second-order valence-corrected chi connectivity index (χ2v) is 7.32. The Morgan fingerprint density at radius 1 is 1.10 bits per heavy atom. The molecule has 6 nitrogen and oxygen atoms in total. The van der Waals surface area contributed by atoms with Crippen LogP contribution in [0.25, 0.3) is 10.8 Å². The molecule has 0 spiro atoms. The van der Waals surface area contributed by atoms with Gasteiger partial charge in [0, 0.05) is 23.5 Å². The van der Waals surface area contributed by atoms with Crippen LogP contribution >= 0.6 is 0 Å². The number of pyridine rings is 1. The van der Waals surface area contributed by atoms with E-state index in [0.29, 0.717) is 22.9 Å². The van der Waals surface area contributed by atoms with Gasteiger partial charge in [-0.25, -0.2) is 0 Å². The molecule has 4 rings (SSSR count). The molecule has 2 aromatic carbocycles. The number of ether oxygens (including phenoxy) is 1. The first-order valence-electron chi connectivity index (χ1n) is 9.94. The zero-order chi connectivity index (χ0) is 20.2. The summed E-state index contributed by atoms with van der Waals surface area (Å²) in [6.07, 6.45) is 3.84. The standard InChI is InChI=1S/C23H25N3O3/c1-29-17-10-8-16(9-11-17)21(26-12-4-5-13-26)15-25-23(28)20-14-24-22(27)19-7-3-2-6-18(19)20/h2-3,6-11,14,21H,4-5,12-13,15H2,1H3,(H,24,27)(H,25,28)/t21-/m0/s1. The lowest BCUT2D eigenvalue weighted by Gasteiger charge is -2.28. The molecule has 0 unspecified atom stereocenters. The van der Waals surface area contributed by atoms with Crippen LogP contribution in [0.1, 0.15) is 34.8 Å². The Labute approximate surface area is 169 Å². The first-order chi connectivity index (χ1) is 14.2. The van der Waals surface area contributed by atoms with Crippen LogP contribution in [0.3, 0.4) is 0 Å². The van der Waals surface area contributed by atoms with Gasteiger partial charge < -0.3 is 15.0 Å². The quantitative estimate of drug-likeness (QED) is 0.677. The minimum Gasteiger partial charge on any atom is -0.497 e. The Morgan fingerprint density at radius 2 is 1.79 bits per heavy atom. The van der Waals surface area contributed by atoms with Gasteiger partial charge in [0.15, 0.2) is 0 Å². The fourth-order valence-corrected chi connectivity index (χ4v) is 4.02. The van der Waals surface area contributed by atoms with Crippen LogP contribution in [-0.2, 0) is 0 Å². The largest absolute Gasteiger partial charge is 0.497 e. The number of methoxy groups -OCH3 is 1. The molecule has 0 radical (unpaired) electrons. The zero-order valence-electron chi connectivity index (χ0n) is 16.5. The molecular weight excluding hydrogens is 366 g/mol. The summed E-state index contributed by atoms with van der Waals surface area (Å²) in [5.74, 6) is 0.632. The summed E-state index contributed by atoms with van der Waals surface area (Å²) in [4.78, 5) is 30.1. The van der Waals surface area contributed by atoms with Gasteiger partial charge in [0.2, 0.25) is 0 Å². The molecule has 1 saturated heterocycles. The predicted molar refractivity (Wildman–Crippen MR) is 113 cm³/mol. The monoisotopic (exact) mass is 391 g/mol. The molecule has 1 aliphatic rings. The Bertz CT molecular complexity index is 1050. The molecule has 1 aliphatic heterocycles. The van der Waals surface area contributed by atoms with Crippen molar-refractivity contribution in [3.63, 3.8) is 0 Å². The molecule has 2 N–H and O–H groups in total. The third-order valence-corrected chi connectivity index (χ3v) is 5.59. The minimum atomic E-state index is -0.190. The van der Waals surface area contributed by atoms with E-state index in [1.54, 1.807) is 25.3 Å². The van der Waals surface area contributed by atoms with Crippen molar-refractivity contribution in [1.82, 2.24) is 15.2 Å². The number of nitrogens with one attached hydrogen (secondary N) is 2. The number of benzene rings is 2. The number of amides is 1. The van der Waals surface area contributed by atoms with Crippen molar-refractivity contribution < 1.29 is 9.53 Å². The summed E-state index contributed by atoms with van der Waals surface area (Å²) in [5.41, 5.74) is 1.44. The average Bonchev–Trinajstić information content (AvgIpc) is 3.29. The molecule has 0 aliphatic carbocycles. The molecule has 3 aromatic rings. The van der Waals surface area contributed by atoms with Gasteiger partial charge in [0.1, 0.15) is 5.75 Å². The highest BCUT2D eigenvalue weighted by atomic mass is 16.5. The van der Waals surface area contributed by atoms with Crippen molar-refractivity contribution in [3.05, 3.63) is 76.2 Å². The highest BCUT2D eigenvalue weighted by molar-refractivity contribution is 6.06. The van der Waals surface area contributed by atoms with Crippen molar-refractivity contribution in [1.29, 1.82) is 0 Å². The van der Waals surface area contributed by atoms with Crippen LogP contribution in [0, 0.1) is 0 Å². The zero-order valence-corrected chi connectivity index (χ0v) is 16.5. The SMILES string of the molecule is COc1ccc([C@H](CNC(=O)c2c[nH]c(=O)c3ccccc23)N2CCCC2)cc1. The molecule has 29 heavy (non-hydrogen) atoms. The van der Waals surface area contributed by atoms with Crippen molar-refractivity contribution >= 4 is 16.7 Å². The van der Waals surface area contributed by atoms with Crippen molar-refractivity contribution in [2.24, 2.45) is 0 Å². The maximum atomic E-state index is 12.9. The van der Waals surface area contributed by atoms with Gasteiger partial charge in [0.05, 0.1) is 18.7 Å². The fraction of sp³-hybridized carbons (Fsp3) is 0.304. The molecule has 0 saturated carbocycles. The smallest absolute Gasteiger partial charge is 0.255 e. The number of hydrogen-bond acceptors (Lipinski definition) is 4. The molecular formula is C23H25N3O3. The van der Waals surface area contributed by atoms with Crippen LogP contribution in [0.4, 0.5) is 0 Å². The minimum absolute atomic E-state index is 0.0985. The Morgan fingerprint density at radius 3 is 2.48 bits per heavy atom. The number of likely N-dealkylation sites (tertiary alicyclic amines) is 1. The summed E-state index contributed by atoms with van der Waals surface area (Å²) in [6, 6.07) is 15.3. The second kappa shape index (κ2) is 8.49. The van der Waals surface area contributed by atoms with E-state index in [-0.39, 0.29) is 17.5 Å². The number of carbonyl (C=O) groups excluding carboxylic acids is 1. The fourth-order valence-electron chi connectivity index (χ4n) is 4.02. The van der Waals surface area contributed by atoms with Gasteiger partial charge in [-0.3, -0.25) is 14.5 Å². The van der Waals surface area contributed by atoms with Gasteiger partial charge in [-0.15, -0.1) is 0 Å². The molecule has 2 heterocycles. The summed E-state index contributed by atoms with van der Waals surface area (Å²) in [6.45, 7) is 2.54. The molecule has 1 aromatic heterocycles. The topological polar surface area (TPSA) is 74.4 Å². The number of rotatable bonds is 6. The molecule has 0 bridgehead atoms. The van der Waals surface area contributed by atoms with Crippen molar-refractivity contribution in [2.45, 2.75) is 18.9 Å². The number of H-pyrrole nitrogens is 1. The van der Waals surface area contributed by atoms with Crippen LogP contribution in [-0.4, -0.2) is 42.5 Å². The molecule has 6 heteroatoms. The van der Waals surface area contributed by atoms with E-state index in [0.717, 1.165) is 24.4 Å². The lowest BCUT2D eigenvalue weighted by Crippen LogP contribution is -2.37. The van der Waals surface area contributed by atoms with Crippen molar-refractivity contribution in [3.8, 4) is 5.75 Å². The van der Waals surface area contributed by atoms with Crippen LogP contribution in [0.2, 0.25) is 0 Å². The first kappa shape index (κ1) is 19.2. The lowest BCUT2D eigenvalue weighted by atomic mass is 10.0. The summed E-state index contributed by atoms with van der Waals surface area (Å²) >= 11 is 0. The third-order valence-electron chi connectivity index (χ3n) is 5.59. The van der Waals surface area contributed by atoms with Gasteiger partial charge in [-0.05, 0) is 49.7 Å². The number of fused-ring (bicyclic) bond motifs is 1. The summed E-state index contributed by atoms with van der Waals surface area (Å²) < 4.78 is 5.27. The highest BCUT2D eigenvalue weighted by Crippen LogP contribution is 2.26. The number of hydrogen-bond donors (Lipinski definition) is 2. The van der Waals surface area contributed by atoms with E-state index in [9.17, 15) is 9.59 Å². The van der Waals surface area contributed by atoms with Gasteiger partial charge in [0.25, 0.3) is 11.5 Å². The first-order valence-corrected chi connectivity index (χ1v) is 9.94. The van der Waals surface area contributed by atoms with Gasteiger partial charge in [-0.2, -0.15) is 0 Å². The molecule has 1 fully saturated rings. The second-order valence-electron chi connectivity index (χ2n) is 7.32. The molecule has 150 valence electrons. The molecule has 1 amide bonds. The Kier molecular flexibility index (Phi) is 5.62. The predicted octanol–water partition coefficient (Wildman–Crippen LogP) is 3.10. The third kappa shape index (κ3) is 4.03. The normalized spacial score (nSPS) is 15.3. The number of nitrogens with zero attached hydrogens (tertiary/aromatic N) is 1. The van der Waals surface area contributed by atoms with E-state index < -0.39 is 0 Å². The molecule has 1 atom stereocenters. The number of aromatic amines is 1.